The minimum atomic E-state index is -0.277. The van der Waals surface area contributed by atoms with Gasteiger partial charge in [0, 0.05) is 12.5 Å². The van der Waals surface area contributed by atoms with Crippen LogP contribution in [-0.4, -0.2) is 42.9 Å². The summed E-state index contributed by atoms with van der Waals surface area (Å²) in [6.45, 7) is 10.4. The van der Waals surface area contributed by atoms with Gasteiger partial charge in [-0.15, -0.1) is 0 Å². The van der Waals surface area contributed by atoms with Crippen molar-refractivity contribution < 1.29 is 14.5 Å². The molecular weight excluding hydrogens is 374 g/mol. The maximum absolute atomic E-state index is 12.9. The summed E-state index contributed by atoms with van der Waals surface area (Å²) in [5.41, 5.74) is 3.69. The summed E-state index contributed by atoms with van der Waals surface area (Å²) in [4.78, 5) is 28.0. The topological polar surface area (TPSA) is 53.9 Å². The average Bonchev–Trinajstić information content (AvgIpc) is 2.74. The molecule has 1 saturated heterocycles. The first kappa shape index (κ1) is 22.0. The largest absolute Gasteiger partial charge is 0.349 e. The Hall–Kier alpha value is -2.66. The fourth-order valence-electron chi connectivity index (χ4n) is 4.04. The number of amides is 2. The summed E-state index contributed by atoms with van der Waals surface area (Å²) in [6, 6.07) is 18.4. The van der Waals surface area contributed by atoms with Gasteiger partial charge in [0.1, 0.15) is 6.54 Å². The Bertz CT molecular complexity index is 825. The van der Waals surface area contributed by atoms with E-state index in [1.54, 1.807) is 0 Å². The highest BCUT2D eigenvalue weighted by atomic mass is 16.2. The van der Waals surface area contributed by atoms with Crippen molar-refractivity contribution in [2.24, 2.45) is 0 Å². The highest BCUT2D eigenvalue weighted by Crippen LogP contribution is 2.18. The Morgan fingerprint density at radius 1 is 0.967 bits per heavy atom. The molecule has 3 rings (SSSR count). The summed E-state index contributed by atoms with van der Waals surface area (Å²) < 4.78 is 0. The Morgan fingerprint density at radius 2 is 1.60 bits per heavy atom. The molecule has 0 unspecified atom stereocenters. The Kier molecular flexibility index (Phi) is 7.63. The molecule has 2 aromatic rings. The van der Waals surface area contributed by atoms with E-state index in [0.29, 0.717) is 12.3 Å². The number of hydrogen-bond acceptors (Lipinski definition) is 2. The molecule has 0 radical (unpaired) electrons. The quantitative estimate of drug-likeness (QED) is 0.739. The number of carbonyl (C=O) groups excluding carboxylic acids is 2. The molecule has 1 aliphatic rings. The second kappa shape index (κ2) is 10.4. The summed E-state index contributed by atoms with van der Waals surface area (Å²) in [7, 11) is 0. The molecule has 1 heterocycles. The fraction of sp³-hybridized carbons (Fsp3) is 0.440. The van der Waals surface area contributed by atoms with Crippen LogP contribution in [0.5, 0.6) is 0 Å². The number of benzene rings is 2. The third-order valence-electron chi connectivity index (χ3n) is 5.88. The Labute approximate surface area is 180 Å². The normalized spacial score (nSPS) is 15.8. The second-order valence-electron chi connectivity index (χ2n) is 8.57. The van der Waals surface area contributed by atoms with Gasteiger partial charge >= 0.3 is 0 Å². The van der Waals surface area contributed by atoms with Crippen LogP contribution in [0, 0.1) is 0 Å². The van der Waals surface area contributed by atoms with E-state index < -0.39 is 0 Å². The lowest BCUT2D eigenvalue weighted by Crippen LogP contribution is -3.13. The number of quaternary nitrogens is 1. The third kappa shape index (κ3) is 6.17. The SMILES string of the molecule is CC(=O)N[C@@H](CC(=O)N1CC[NH+](Cc2ccc(C(C)C)cc2)CC1)c1ccccc1. The molecule has 1 aliphatic heterocycles. The zero-order valence-electron chi connectivity index (χ0n) is 18.4. The fourth-order valence-corrected chi connectivity index (χ4v) is 4.04. The van der Waals surface area contributed by atoms with Crippen molar-refractivity contribution in [2.45, 2.75) is 45.7 Å². The first-order valence-corrected chi connectivity index (χ1v) is 10.9. The molecule has 1 fully saturated rings. The van der Waals surface area contributed by atoms with Crippen molar-refractivity contribution in [3.8, 4) is 0 Å². The van der Waals surface area contributed by atoms with Crippen molar-refractivity contribution in [1.29, 1.82) is 0 Å². The number of hydrogen-bond donors (Lipinski definition) is 2. The monoisotopic (exact) mass is 408 g/mol. The first-order valence-electron chi connectivity index (χ1n) is 10.9. The molecule has 5 heteroatoms. The number of piperazine rings is 1. The van der Waals surface area contributed by atoms with Gasteiger partial charge in [-0.25, -0.2) is 0 Å². The molecule has 0 aromatic heterocycles. The maximum atomic E-state index is 12.9. The lowest BCUT2D eigenvalue weighted by atomic mass is 10.0. The van der Waals surface area contributed by atoms with E-state index in [1.807, 2.05) is 35.2 Å². The molecule has 0 aliphatic carbocycles. The van der Waals surface area contributed by atoms with E-state index >= 15 is 0 Å². The summed E-state index contributed by atoms with van der Waals surface area (Å²) in [6.07, 6.45) is 0.301. The van der Waals surface area contributed by atoms with Crippen LogP contribution in [-0.2, 0) is 16.1 Å². The number of nitrogens with zero attached hydrogens (tertiary/aromatic N) is 1. The van der Waals surface area contributed by atoms with Gasteiger partial charge in [0.2, 0.25) is 11.8 Å². The van der Waals surface area contributed by atoms with E-state index in [9.17, 15) is 9.59 Å². The maximum Gasteiger partial charge on any atom is 0.225 e. The molecule has 30 heavy (non-hydrogen) atoms. The zero-order valence-corrected chi connectivity index (χ0v) is 18.4. The van der Waals surface area contributed by atoms with Crippen molar-refractivity contribution in [3.05, 3.63) is 71.3 Å². The zero-order chi connectivity index (χ0) is 21.5. The van der Waals surface area contributed by atoms with Crippen LogP contribution in [0.3, 0.4) is 0 Å². The van der Waals surface area contributed by atoms with Gasteiger partial charge in [-0.1, -0.05) is 68.4 Å². The summed E-state index contributed by atoms with van der Waals surface area (Å²) in [5.74, 6) is 0.547. The highest BCUT2D eigenvalue weighted by molar-refractivity contribution is 5.79. The van der Waals surface area contributed by atoms with Crippen LogP contribution in [0.2, 0.25) is 0 Å². The molecule has 0 spiro atoms. The summed E-state index contributed by atoms with van der Waals surface area (Å²) >= 11 is 0. The van der Waals surface area contributed by atoms with Crippen molar-refractivity contribution in [2.75, 3.05) is 26.2 Å². The average molecular weight is 409 g/mol. The van der Waals surface area contributed by atoms with Crippen LogP contribution < -0.4 is 10.2 Å². The standard InChI is InChI=1S/C25H33N3O2/c1-19(2)22-11-9-21(10-12-22)18-27-13-15-28(16-14-27)25(30)17-24(26-20(3)29)23-7-5-4-6-8-23/h4-12,19,24H,13-18H2,1-3H3,(H,26,29)/p+1/t24-/m0/s1. The van der Waals surface area contributed by atoms with Gasteiger partial charge in [0.05, 0.1) is 38.6 Å². The van der Waals surface area contributed by atoms with Gasteiger partial charge in [-0.3, -0.25) is 9.59 Å². The minimum Gasteiger partial charge on any atom is -0.349 e. The van der Waals surface area contributed by atoms with Crippen LogP contribution in [0.1, 0.15) is 55.8 Å². The third-order valence-corrected chi connectivity index (χ3v) is 5.88. The van der Waals surface area contributed by atoms with Gasteiger partial charge < -0.3 is 15.1 Å². The molecule has 160 valence electrons. The van der Waals surface area contributed by atoms with Crippen molar-refractivity contribution in [3.63, 3.8) is 0 Å². The van der Waals surface area contributed by atoms with E-state index in [0.717, 1.165) is 38.3 Å². The van der Waals surface area contributed by atoms with E-state index in [-0.39, 0.29) is 17.9 Å². The summed E-state index contributed by atoms with van der Waals surface area (Å²) in [5, 5.41) is 2.93. The van der Waals surface area contributed by atoms with Crippen LogP contribution in [0.15, 0.2) is 54.6 Å². The smallest absolute Gasteiger partial charge is 0.225 e. The first-order chi connectivity index (χ1) is 14.4. The predicted molar refractivity (Wildman–Crippen MR) is 119 cm³/mol. The van der Waals surface area contributed by atoms with Crippen LogP contribution >= 0.6 is 0 Å². The number of rotatable bonds is 7. The van der Waals surface area contributed by atoms with Crippen LogP contribution in [0.4, 0.5) is 0 Å². The Morgan fingerprint density at radius 3 is 2.17 bits per heavy atom. The van der Waals surface area contributed by atoms with Gasteiger partial charge in [-0.05, 0) is 17.0 Å². The van der Waals surface area contributed by atoms with Crippen molar-refractivity contribution >= 4 is 11.8 Å². The molecule has 1 atom stereocenters. The molecule has 5 nitrogen and oxygen atoms in total. The van der Waals surface area contributed by atoms with Gasteiger partial charge in [0.25, 0.3) is 0 Å². The van der Waals surface area contributed by atoms with E-state index in [1.165, 1.54) is 23.0 Å². The number of carbonyl (C=O) groups is 2. The van der Waals surface area contributed by atoms with Gasteiger partial charge in [0.15, 0.2) is 0 Å². The van der Waals surface area contributed by atoms with E-state index in [4.69, 9.17) is 0 Å². The molecule has 2 aromatic carbocycles. The Balaban J connectivity index is 1.52. The minimum absolute atomic E-state index is 0.109. The van der Waals surface area contributed by atoms with Gasteiger partial charge in [-0.2, -0.15) is 0 Å². The second-order valence-corrected chi connectivity index (χ2v) is 8.57. The lowest BCUT2D eigenvalue weighted by Gasteiger charge is -2.33. The predicted octanol–water partition coefficient (Wildman–Crippen LogP) is 2.30. The highest BCUT2D eigenvalue weighted by Gasteiger charge is 2.26. The molecule has 2 N–H and O–H groups in total. The lowest BCUT2D eigenvalue weighted by molar-refractivity contribution is -0.917. The molecular formula is C25H34N3O2+. The van der Waals surface area contributed by atoms with Crippen LogP contribution in [0.25, 0.3) is 0 Å². The van der Waals surface area contributed by atoms with Crippen molar-refractivity contribution in [1.82, 2.24) is 10.2 Å². The van der Waals surface area contributed by atoms with E-state index in [2.05, 4.69) is 43.4 Å². The molecule has 2 amide bonds. The molecule has 0 saturated carbocycles. The molecule has 0 bridgehead atoms. The number of nitrogens with one attached hydrogen (secondary N) is 2.